The number of amides is 1. The summed E-state index contributed by atoms with van der Waals surface area (Å²) in [6, 6.07) is -0.118. The van der Waals surface area contributed by atoms with Crippen LogP contribution >= 0.6 is 11.3 Å². The topological polar surface area (TPSA) is 84.1 Å². The molecule has 1 fully saturated rings. The second kappa shape index (κ2) is 7.54. The molecule has 0 spiro atoms. The number of piperidine rings is 1. The summed E-state index contributed by atoms with van der Waals surface area (Å²) in [6.45, 7) is 5.29. The number of anilines is 1. The molecule has 0 unspecified atom stereocenters. The molecule has 1 amide bonds. The Bertz CT molecular complexity index is 430. The van der Waals surface area contributed by atoms with Crippen LogP contribution in [0.2, 0.25) is 0 Å². The molecule has 0 radical (unpaired) electrons. The van der Waals surface area contributed by atoms with Crippen LogP contribution in [0.1, 0.15) is 50.1 Å². The molecule has 3 N–H and O–H groups in total. The molecule has 0 aliphatic carbocycles. The maximum Gasteiger partial charge on any atom is 0.220 e. The van der Waals surface area contributed by atoms with Crippen molar-refractivity contribution >= 4 is 22.4 Å². The van der Waals surface area contributed by atoms with E-state index in [9.17, 15) is 4.79 Å². The molecule has 0 saturated carbocycles. The Morgan fingerprint density at radius 2 is 2.15 bits per heavy atom. The third kappa shape index (κ3) is 4.72. The normalized spacial score (nSPS) is 17.9. The van der Waals surface area contributed by atoms with E-state index in [1.807, 2.05) is 6.92 Å². The fourth-order valence-corrected chi connectivity index (χ4v) is 3.06. The molecule has 2 rings (SSSR count). The number of nitrogen functional groups attached to an aromatic ring is 1. The number of nitrogens with one attached hydrogen (secondary N) is 1. The lowest BCUT2D eigenvalue weighted by atomic mass is 10.1. The van der Waals surface area contributed by atoms with Crippen LogP contribution in [0.15, 0.2) is 0 Å². The molecule has 1 atom stereocenters. The Morgan fingerprint density at radius 3 is 2.80 bits per heavy atom. The number of nitrogens with zero attached hydrogens (tertiary/aromatic N) is 3. The van der Waals surface area contributed by atoms with Crippen LogP contribution in [0.25, 0.3) is 0 Å². The molecule has 1 aromatic heterocycles. The summed E-state index contributed by atoms with van der Waals surface area (Å²) in [5, 5.41) is 11.8. The molecule has 2 heterocycles. The number of nitrogens with two attached hydrogens (primary N) is 1. The fraction of sp³-hybridized carbons (Fsp3) is 0.769. The first-order chi connectivity index (χ1) is 9.65. The molecule has 1 aromatic rings. The number of carbonyl (C=O) groups excluding carboxylic acids is 1. The highest BCUT2D eigenvalue weighted by molar-refractivity contribution is 7.15. The van der Waals surface area contributed by atoms with E-state index in [1.165, 1.54) is 43.7 Å². The zero-order chi connectivity index (χ0) is 14.4. The SMILES string of the molecule is C[C@@H](NC(=O)CCCN1CCCCC1)c1nnc(N)s1. The molecule has 7 heteroatoms. The van der Waals surface area contributed by atoms with Crippen LogP contribution in [0.4, 0.5) is 5.13 Å². The summed E-state index contributed by atoms with van der Waals surface area (Å²) < 4.78 is 0. The quantitative estimate of drug-likeness (QED) is 0.832. The minimum atomic E-state index is -0.118. The van der Waals surface area contributed by atoms with Crippen molar-refractivity contribution in [2.75, 3.05) is 25.4 Å². The van der Waals surface area contributed by atoms with Gasteiger partial charge in [-0.3, -0.25) is 4.79 Å². The lowest BCUT2D eigenvalue weighted by Crippen LogP contribution is -2.32. The molecule has 1 aliphatic heterocycles. The molecule has 0 aromatic carbocycles. The minimum Gasteiger partial charge on any atom is -0.374 e. The van der Waals surface area contributed by atoms with E-state index in [4.69, 9.17) is 5.73 Å². The van der Waals surface area contributed by atoms with Crippen LogP contribution in [0, 0.1) is 0 Å². The molecule has 1 saturated heterocycles. The van der Waals surface area contributed by atoms with Gasteiger partial charge in [0.15, 0.2) is 0 Å². The third-order valence-electron chi connectivity index (χ3n) is 3.53. The summed E-state index contributed by atoms with van der Waals surface area (Å²) in [5.74, 6) is 0.0725. The Balaban J connectivity index is 1.64. The minimum absolute atomic E-state index is 0.0725. The number of rotatable bonds is 6. The van der Waals surface area contributed by atoms with Crippen molar-refractivity contribution in [3.63, 3.8) is 0 Å². The van der Waals surface area contributed by atoms with Crippen LogP contribution in [-0.4, -0.2) is 40.6 Å². The highest BCUT2D eigenvalue weighted by Gasteiger charge is 2.14. The maximum absolute atomic E-state index is 11.9. The van der Waals surface area contributed by atoms with Gasteiger partial charge in [0.25, 0.3) is 0 Å². The number of aromatic nitrogens is 2. The third-order valence-corrected chi connectivity index (χ3v) is 4.47. The van der Waals surface area contributed by atoms with E-state index in [2.05, 4.69) is 20.4 Å². The molecule has 112 valence electrons. The maximum atomic E-state index is 11.9. The molecular formula is C13H23N5OS. The van der Waals surface area contributed by atoms with E-state index in [0.29, 0.717) is 11.6 Å². The largest absolute Gasteiger partial charge is 0.374 e. The molecular weight excluding hydrogens is 274 g/mol. The smallest absolute Gasteiger partial charge is 0.220 e. The van der Waals surface area contributed by atoms with Gasteiger partial charge >= 0.3 is 0 Å². The molecule has 1 aliphatic rings. The fourth-order valence-electron chi connectivity index (χ4n) is 2.44. The van der Waals surface area contributed by atoms with Gasteiger partial charge in [-0.2, -0.15) is 0 Å². The van der Waals surface area contributed by atoms with Gasteiger partial charge in [-0.25, -0.2) is 0 Å². The van der Waals surface area contributed by atoms with Gasteiger partial charge in [-0.1, -0.05) is 17.8 Å². The van der Waals surface area contributed by atoms with Crippen molar-refractivity contribution in [2.24, 2.45) is 0 Å². The van der Waals surface area contributed by atoms with Crippen molar-refractivity contribution < 1.29 is 4.79 Å². The lowest BCUT2D eigenvalue weighted by molar-refractivity contribution is -0.121. The highest BCUT2D eigenvalue weighted by Crippen LogP contribution is 2.18. The van der Waals surface area contributed by atoms with E-state index >= 15 is 0 Å². The van der Waals surface area contributed by atoms with Crippen molar-refractivity contribution in [1.82, 2.24) is 20.4 Å². The van der Waals surface area contributed by atoms with E-state index < -0.39 is 0 Å². The Kier molecular flexibility index (Phi) is 5.72. The average molecular weight is 297 g/mol. The monoisotopic (exact) mass is 297 g/mol. The Labute approximate surface area is 123 Å². The second-order valence-electron chi connectivity index (χ2n) is 5.27. The van der Waals surface area contributed by atoms with Crippen molar-refractivity contribution in [3.05, 3.63) is 5.01 Å². The van der Waals surface area contributed by atoms with Crippen molar-refractivity contribution in [3.8, 4) is 0 Å². The lowest BCUT2D eigenvalue weighted by Gasteiger charge is -2.26. The zero-order valence-electron chi connectivity index (χ0n) is 12.0. The standard InChI is InChI=1S/C13H23N5OS/c1-10(12-16-17-13(14)20-12)15-11(19)6-5-9-18-7-3-2-4-8-18/h10H,2-9H2,1H3,(H2,14,17)(H,15,19)/t10-/m1/s1. The predicted octanol–water partition coefficient (Wildman–Crippen LogP) is 1.56. The first kappa shape index (κ1) is 15.2. The summed E-state index contributed by atoms with van der Waals surface area (Å²) in [4.78, 5) is 14.3. The highest BCUT2D eigenvalue weighted by atomic mass is 32.1. The summed E-state index contributed by atoms with van der Waals surface area (Å²) >= 11 is 1.32. The summed E-state index contributed by atoms with van der Waals surface area (Å²) in [6.07, 6.45) is 5.41. The van der Waals surface area contributed by atoms with Gasteiger partial charge in [0.2, 0.25) is 11.0 Å². The first-order valence-corrected chi connectivity index (χ1v) is 8.07. The molecule has 20 heavy (non-hydrogen) atoms. The van der Waals surface area contributed by atoms with E-state index in [-0.39, 0.29) is 11.9 Å². The molecule has 6 nitrogen and oxygen atoms in total. The van der Waals surface area contributed by atoms with Gasteiger partial charge in [-0.15, -0.1) is 10.2 Å². The number of carbonyl (C=O) groups is 1. The summed E-state index contributed by atoms with van der Waals surface area (Å²) in [5.41, 5.74) is 5.54. The molecule has 0 bridgehead atoms. The predicted molar refractivity (Wildman–Crippen MR) is 80.4 cm³/mol. The zero-order valence-corrected chi connectivity index (χ0v) is 12.8. The van der Waals surface area contributed by atoms with Crippen LogP contribution in [-0.2, 0) is 4.79 Å². The van der Waals surface area contributed by atoms with E-state index in [1.54, 1.807) is 0 Å². The van der Waals surface area contributed by atoms with Gasteiger partial charge in [-0.05, 0) is 45.8 Å². The van der Waals surface area contributed by atoms with Crippen molar-refractivity contribution in [2.45, 2.75) is 45.1 Å². The summed E-state index contributed by atoms with van der Waals surface area (Å²) in [7, 11) is 0. The van der Waals surface area contributed by atoms with Gasteiger partial charge < -0.3 is 16.0 Å². The van der Waals surface area contributed by atoms with Gasteiger partial charge in [0, 0.05) is 6.42 Å². The first-order valence-electron chi connectivity index (χ1n) is 7.26. The van der Waals surface area contributed by atoms with Gasteiger partial charge in [0.05, 0.1) is 6.04 Å². The Hall–Kier alpha value is -1.21. The van der Waals surface area contributed by atoms with Crippen LogP contribution < -0.4 is 11.1 Å². The Morgan fingerprint density at radius 1 is 1.40 bits per heavy atom. The average Bonchev–Trinajstić information content (AvgIpc) is 2.87. The van der Waals surface area contributed by atoms with Crippen LogP contribution in [0.3, 0.4) is 0 Å². The number of hydrogen-bond donors (Lipinski definition) is 2. The number of hydrogen-bond acceptors (Lipinski definition) is 6. The van der Waals surface area contributed by atoms with Crippen molar-refractivity contribution in [1.29, 1.82) is 0 Å². The second-order valence-corrected chi connectivity index (χ2v) is 6.31. The van der Waals surface area contributed by atoms with Gasteiger partial charge in [0.1, 0.15) is 5.01 Å². The van der Waals surface area contributed by atoms with E-state index in [0.717, 1.165) is 18.0 Å². The van der Waals surface area contributed by atoms with Crippen LogP contribution in [0.5, 0.6) is 0 Å². The number of likely N-dealkylation sites (tertiary alicyclic amines) is 1.